The molecular weight excluding hydrogens is 330 g/mol. The van der Waals surface area contributed by atoms with Crippen LogP contribution in [-0.4, -0.2) is 28.5 Å². The number of carbonyl (C=O) groups is 1. The average molecular weight is 351 g/mol. The van der Waals surface area contributed by atoms with Crippen LogP contribution in [0.2, 0.25) is 0 Å². The van der Waals surface area contributed by atoms with E-state index in [1.807, 2.05) is 30.3 Å². The Bertz CT molecular complexity index is 602. The first-order valence-corrected chi connectivity index (χ1v) is 9.37. The Balaban J connectivity index is 1.64. The molecule has 1 amide bonds. The Morgan fingerprint density at radius 3 is 2.83 bits per heavy atom. The third-order valence-corrected chi connectivity index (χ3v) is 5.15. The predicted molar refractivity (Wildman–Crippen MR) is 95.3 cm³/mol. The zero-order valence-corrected chi connectivity index (χ0v) is 15.0. The van der Waals surface area contributed by atoms with Crippen molar-refractivity contribution in [1.29, 1.82) is 0 Å². The highest BCUT2D eigenvalue weighted by Crippen LogP contribution is 2.26. The highest BCUT2D eigenvalue weighted by Gasteiger charge is 2.09. The van der Waals surface area contributed by atoms with Gasteiger partial charge in [0.15, 0.2) is 4.34 Å². The zero-order chi connectivity index (χ0) is 16.5. The molecule has 0 saturated heterocycles. The summed E-state index contributed by atoms with van der Waals surface area (Å²) in [5, 5.41) is 11.4. The number of rotatable bonds is 9. The Labute approximate surface area is 144 Å². The van der Waals surface area contributed by atoms with Crippen molar-refractivity contribution in [3.8, 4) is 5.75 Å². The molecule has 23 heavy (non-hydrogen) atoms. The summed E-state index contributed by atoms with van der Waals surface area (Å²) in [6.07, 6.45) is 1.06. The second-order valence-electron chi connectivity index (χ2n) is 5.39. The van der Waals surface area contributed by atoms with Gasteiger partial charge in [-0.3, -0.25) is 4.79 Å². The van der Waals surface area contributed by atoms with Gasteiger partial charge in [0.05, 0.1) is 6.61 Å². The van der Waals surface area contributed by atoms with Gasteiger partial charge in [-0.15, -0.1) is 10.2 Å². The summed E-state index contributed by atoms with van der Waals surface area (Å²) in [6.45, 7) is 4.84. The third-order valence-electron chi connectivity index (χ3n) is 2.75. The van der Waals surface area contributed by atoms with E-state index < -0.39 is 0 Å². The van der Waals surface area contributed by atoms with E-state index in [0.29, 0.717) is 30.5 Å². The van der Waals surface area contributed by atoms with E-state index in [4.69, 9.17) is 4.74 Å². The number of ether oxygens (including phenoxy) is 1. The van der Waals surface area contributed by atoms with Gasteiger partial charge in [-0.1, -0.05) is 55.1 Å². The van der Waals surface area contributed by atoms with Gasteiger partial charge >= 0.3 is 0 Å². The lowest BCUT2D eigenvalue weighted by molar-refractivity contribution is -0.116. The second-order valence-corrected chi connectivity index (χ2v) is 7.64. The van der Waals surface area contributed by atoms with Crippen LogP contribution < -0.4 is 10.1 Å². The van der Waals surface area contributed by atoms with E-state index in [1.54, 1.807) is 11.8 Å². The Morgan fingerprint density at radius 2 is 2.09 bits per heavy atom. The minimum atomic E-state index is -0.0572. The number of nitrogens with one attached hydrogen (secondary N) is 1. The number of amides is 1. The maximum atomic E-state index is 11.9. The first-order chi connectivity index (χ1) is 11.1. The standard InChI is InChI=1S/C16H21N3O2S2/c1-12(2)11-22-16-19-18-15(23-16)17-14(20)9-6-10-21-13-7-4-3-5-8-13/h3-5,7-8,12H,6,9-11H2,1-2H3,(H,17,18,20). The number of nitrogens with zero attached hydrogens (tertiary/aromatic N) is 2. The number of aromatic nitrogens is 2. The summed E-state index contributed by atoms with van der Waals surface area (Å²) in [5.41, 5.74) is 0. The van der Waals surface area contributed by atoms with Crippen LogP contribution in [-0.2, 0) is 4.79 Å². The van der Waals surface area contributed by atoms with Crippen molar-refractivity contribution in [2.24, 2.45) is 5.92 Å². The van der Waals surface area contributed by atoms with Crippen molar-refractivity contribution in [2.75, 3.05) is 17.7 Å². The Kier molecular flexibility index (Phi) is 7.35. The van der Waals surface area contributed by atoms with E-state index in [-0.39, 0.29) is 5.91 Å². The van der Waals surface area contributed by atoms with Crippen LogP contribution in [0.1, 0.15) is 26.7 Å². The molecule has 0 aliphatic carbocycles. The number of para-hydroxylation sites is 1. The number of hydrogen-bond acceptors (Lipinski definition) is 6. The summed E-state index contributed by atoms with van der Waals surface area (Å²) < 4.78 is 6.45. The monoisotopic (exact) mass is 351 g/mol. The van der Waals surface area contributed by atoms with Crippen LogP contribution in [0.5, 0.6) is 5.75 Å². The normalized spacial score (nSPS) is 10.7. The number of benzene rings is 1. The molecule has 0 spiro atoms. The smallest absolute Gasteiger partial charge is 0.226 e. The largest absolute Gasteiger partial charge is 0.494 e. The molecule has 0 bridgehead atoms. The number of thioether (sulfide) groups is 1. The lowest BCUT2D eigenvalue weighted by Crippen LogP contribution is -2.12. The number of carbonyl (C=O) groups excluding carboxylic acids is 1. The molecule has 1 N–H and O–H groups in total. The minimum Gasteiger partial charge on any atom is -0.494 e. The van der Waals surface area contributed by atoms with Crippen LogP contribution in [0.25, 0.3) is 0 Å². The van der Waals surface area contributed by atoms with Gasteiger partial charge in [-0.05, 0) is 24.5 Å². The summed E-state index contributed by atoms with van der Waals surface area (Å²) in [7, 11) is 0. The summed E-state index contributed by atoms with van der Waals surface area (Å²) >= 11 is 3.09. The molecule has 0 saturated carbocycles. The predicted octanol–water partition coefficient (Wildman–Crippen LogP) is 4.08. The van der Waals surface area contributed by atoms with Crippen LogP contribution in [0.3, 0.4) is 0 Å². The maximum Gasteiger partial charge on any atom is 0.226 e. The van der Waals surface area contributed by atoms with E-state index in [9.17, 15) is 4.79 Å². The molecule has 7 heteroatoms. The molecule has 0 radical (unpaired) electrons. The summed E-state index contributed by atoms with van der Waals surface area (Å²) in [6, 6.07) is 9.59. The van der Waals surface area contributed by atoms with E-state index >= 15 is 0 Å². The molecule has 0 fully saturated rings. The lowest BCUT2D eigenvalue weighted by atomic mass is 10.3. The first kappa shape index (κ1) is 17.7. The van der Waals surface area contributed by atoms with Crippen molar-refractivity contribution in [3.05, 3.63) is 30.3 Å². The van der Waals surface area contributed by atoms with Crippen LogP contribution in [0.15, 0.2) is 34.7 Å². The minimum absolute atomic E-state index is 0.0572. The molecule has 1 aromatic carbocycles. The Morgan fingerprint density at radius 1 is 1.30 bits per heavy atom. The van der Waals surface area contributed by atoms with E-state index in [2.05, 4.69) is 29.4 Å². The summed E-state index contributed by atoms with van der Waals surface area (Å²) in [4.78, 5) is 11.9. The SMILES string of the molecule is CC(C)CSc1nnc(NC(=O)CCCOc2ccccc2)s1. The second kappa shape index (κ2) is 9.52. The van der Waals surface area contributed by atoms with Crippen LogP contribution in [0, 0.1) is 5.92 Å². The van der Waals surface area contributed by atoms with Crippen molar-refractivity contribution in [1.82, 2.24) is 10.2 Å². The van der Waals surface area contributed by atoms with Crippen molar-refractivity contribution < 1.29 is 9.53 Å². The topological polar surface area (TPSA) is 64.1 Å². The number of anilines is 1. The molecule has 5 nitrogen and oxygen atoms in total. The molecule has 0 unspecified atom stereocenters. The van der Waals surface area contributed by atoms with Crippen molar-refractivity contribution in [2.45, 2.75) is 31.0 Å². The molecule has 0 aliphatic heterocycles. The molecule has 1 aromatic heterocycles. The fourth-order valence-corrected chi connectivity index (χ4v) is 3.42. The molecule has 1 heterocycles. The van der Waals surface area contributed by atoms with Gasteiger partial charge in [0.2, 0.25) is 11.0 Å². The van der Waals surface area contributed by atoms with Crippen molar-refractivity contribution in [3.63, 3.8) is 0 Å². The fourth-order valence-electron chi connectivity index (χ4n) is 1.68. The van der Waals surface area contributed by atoms with Crippen molar-refractivity contribution >= 4 is 34.1 Å². The molecule has 0 atom stereocenters. The number of hydrogen-bond donors (Lipinski definition) is 1. The molecule has 2 rings (SSSR count). The van der Waals surface area contributed by atoms with Gasteiger partial charge in [-0.2, -0.15) is 0 Å². The van der Waals surface area contributed by atoms with Gasteiger partial charge in [-0.25, -0.2) is 0 Å². The average Bonchev–Trinajstić information content (AvgIpc) is 2.98. The molecule has 124 valence electrons. The van der Waals surface area contributed by atoms with Gasteiger partial charge in [0.1, 0.15) is 5.75 Å². The quantitative estimate of drug-likeness (QED) is 0.419. The van der Waals surface area contributed by atoms with Crippen LogP contribution in [0.4, 0.5) is 5.13 Å². The highest BCUT2D eigenvalue weighted by molar-refractivity contribution is 8.01. The van der Waals surface area contributed by atoms with Gasteiger partial charge in [0.25, 0.3) is 0 Å². The van der Waals surface area contributed by atoms with Gasteiger partial charge in [0, 0.05) is 12.2 Å². The Hall–Kier alpha value is -1.60. The summed E-state index contributed by atoms with van der Waals surface area (Å²) in [5.74, 6) is 2.37. The van der Waals surface area contributed by atoms with Crippen LogP contribution >= 0.6 is 23.1 Å². The van der Waals surface area contributed by atoms with Gasteiger partial charge < -0.3 is 10.1 Å². The first-order valence-electron chi connectivity index (χ1n) is 7.57. The van der Waals surface area contributed by atoms with E-state index in [0.717, 1.165) is 15.8 Å². The fraction of sp³-hybridized carbons (Fsp3) is 0.438. The molecule has 2 aromatic rings. The molecule has 0 aliphatic rings. The highest BCUT2D eigenvalue weighted by atomic mass is 32.2. The maximum absolute atomic E-state index is 11.9. The zero-order valence-electron chi connectivity index (χ0n) is 13.3. The molecular formula is C16H21N3O2S2. The lowest BCUT2D eigenvalue weighted by Gasteiger charge is -2.05. The van der Waals surface area contributed by atoms with E-state index in [1.165, 1.54) is 11.3 Å². The third kappa shape index (κ3) is 7.00.